The zero-order valence-electron chi connectivity index (χ0n) is 16.3. The molecule has 3 rings (SSSR count). The number of halogens is 2. The Hall–Kier alpha value is -0.640. The van der Waals surface area contributed by atoms with Gasteiger partial charge in [-0.05, 0) is 59.3 Å². The highest BCUT2D eigenvalue weighted by Crippen LogP contribution is 2.65. The van der Waals surface area contributed by atoms with Crippen LogP contribution in [-0.2, 0) is 16.2 Å². The first-order valence-corrected chi connectivity index (χ1v) is 10.3. The third-order valence-corrected chi connectivity index (χ3v) is 8.61. The fourth-order valence-corrected chi connectivity index (χ4v) is 5.54. The van der Waals surface area contributed by atoms with Crippen molar-refractivity contribution in [3.63, 3.8) is 0 Å². The Bertz CT molecular complexity index is 755. The molecule has 136 valence electrons. The van der Waals surface area contributed by atoms with Gasteiger partial charge in [-0.25, -0.2) is 4.39 Å². The highest BCUT2D eigenvalue weighted by atomic mass is 127. The number of benzene rings is 1. The SMILES string of the molecule is CC(/C=C/[C@]1(I)C[C@]1(C)c1ccc2c(c1)C(C)(C)CCC2(C)C)=C\F. The van der Waals surface area contributed by atoms with Gasteiger partial charge in [0.05, 0.1) is 9.75 Å². The molecular formula is C23H30FI. The molecule has 2 aliphatic carbocycles. The molecule has 0 saturated heterocycles. The number of rotatable bonds is 3. The van der Waals surface area contributed by atoms with Gasteiger partial charge >= 0.3 is 0 Å². The second-order valence-corrected chi connectivity index (χ2v) is 11.5. The summed E-state index contributed by atoms with van der Waals surface area (Å²) in [5.74, 6) is 0. The van der Waals surface area contributed by atoms with E-state index in [1.54, 1.807) is 6.92 Å². The minimum atomic E-state index is 0.0809. The molecule has 0 bridgehead atoms. The molecule has 0 aliphatic heterocycles. The van der Waals surface area contributed by atoms with Crippen LogP contribution in [0.15, 0.2) is 42.3 Å². The summed E-state index contributed by atoms with van der Waals surface area (Å²) >= 11 is 2.55. The molecule has 2 atom stereocenters. The average molecular weight is 452 g/mol. The Kier molecular flexibility index (Phi) is 4.54. The van der Waals surface area contributed by atoms with Crippen LogP contribution in [-0.4, -0.2) is 3.42 Å². The summed E-state index contributed by atoms with van der Waals surface area (Å²) in [4.78, 5) is 0. The Morgan fingerprint density at radius 2 is 1.64 bits per heavy atom. The van der Waals surface area contributed by atoms with Gasteiger partial charge in [0.2, 0.25) is 0 Å². The lowest BCUT2D eigenvalue weighted by Gasteiger charge is -2.42. The highest BCUT2D eigenvalue weighted by molar-refractivity contribution is 14.1. The van der Waals surface area contributed by atoms with Gasteiger partial charge in [-0.3, -0.25) is 0 Å². The lowest BCUT2D eigenvalue weighted by Crippen LogP contribution is -2.34. The van der Waals surface area contributed by atoms with E-state index in [9.17, 15) is 4.39 Å². The molecule has 1 aromatic rings. The van der Waals surface area contributed by atoms with Crippen LogP contribution in [0, 0.1) is 0 Å². The molecule has 0 heterocycles. The predicted octanol–water partition coefficient (Wildman–Crippen LogP) is 7.30. The number of fused-ring (bicyclic) bond motifs is 1. The molecule has 0 spiro atoms. The number of alkyl halides is 1. The van der Waals surface area contributed by atoms with E-state index in [4.69, 9.17) is 0 Å². The molecule has 0 unspecified atom stereocenters. The fourth-order valence-electron chi connectivity index (χ4n) is 4.29. The van der Waals surface area contributed by atoms with Gasteiger partial charge < -0.3 is 0 Å². The summed E-state index contributed by atoms with van der Waals surface area (Å²) in [5.41, 5.74) is 5.78. The first-order valence-electron chi connectivity index (χ1n) is 9.26. The molecule has 0 aromatic heterocycles. The third-order valence-electron chi connectivity index (χ3n) is 6.68. The van der Waals surface area contributed by atoms with Gasteiger partial charge in [0.25, 0.3) is 0 Å². The van der Waals surface area contributed by atoms with Gasteiger partial charge in [0.15, 0.2) is 0 Å². The van der Waals surface area contributed by atoms with Crippen LogP contribution in [0.2, 0.25) is 0 Å². The van der Waals surface area contributed by atoms with Crippen molar-refractivity contribution >= 4 is 22.6 Å². The Balaban J connectivity index is 2.00. The Labute approximate surface area is 166 Å². The van der Waals surface area contributed by atoms with Crippen molar-refractivity contribution in [2.24, 2.45) is 0 Å². The summed E-state index contributed by atoms with van der Waals surface area (Å²) in [7, 11) is 0. The van der Waals surface area contributed by atoms with Crippen LogP contribution in [0.4, 0.5) is 4.39 Å². The molecule has 2 aliphatic rings. The second kappa shape index (κ2) is 5.94. The number of hydrogen-bond donors (Lipinski definition) is 0. The normalized spacial score (nSPS) is 33.4. The minimum Gasteiger partial charge on any atom is -0.215 e. The molecule has 1 aromatic carbocycles. The quantitative estimate of drug-likeness (QED) is 0.256. The van der Waals surface area contributed by atoms with Crippen LogP contribution in [0.5, 0.6) is 0 Å². The first kappa shape index (κ1) is 19.1. The average Bonchev–Trinajstić information content (AvgIpc) is 3.12. The molecule has 0 amide bonds. The standard InChI is InChI=1S/C23H30FI/c1-16(14-24)9-10-23(25)15-22(23,6)17-7-8-18-19(13-17)21(4,5)12-11-20(18,2)3/h7-10,13-14H,11-12,15H2,1-6H3/b10-9+,16-14+/t22-,23+/m1/s1. The van der Waals surface area contributed by atoms with E-state index in [0.29, 0.717) is 11.9 Å². The zero-order chi connectivity index (χ0) is 18.7. The molecule has 1 fully saturated rings. The Morgan fingerprint density at radius 3 is 2.24 bits per heavy atom. The lowest BCUT2D eigenvalue weighted by atomic mass is 9.62. The fraction of sp³-hybridized carbons (Fsp3) is 0.565. The molecular weight excluding hydrogens is 422 g/mol. The smallest absolute Gasteiger partial charge is 0.0895 e. The predicted molar refractivity (Wildman–Crippen MR) is 114 cm³/mol. The summed E-state index contributed by atoms with van der Waals surface area (Å²) in [6.45, 7) is 13.7. The van der Waals surface area contributed by atoms with Gasteiger partial charge in [0.1, 0.15) is 0 Å². The topological polar surface area (TPSA) is 0 Å². The van der Waals surface area contributed by atoms with E-state index in [1.807, 2.05) is 6.08 Å². The van der Waals surface area contributed by atoms with Gasteiger partial charge in [0, 0.05) is 5.41 Å². The van der Waals surface area contributed by atoms with Gasteiger partial charge in [-0.15, -0.1) is 0 Å². The summed E-state index contributed by atoms with van der Waals surface area (Å²) in [6.07, 6.45) is 8.38. The number of hydrogen-bond acceptors (Lipinski definition) is 0. The van der Waals surface area contributed by atoms with Crippen LogP contribution < -0.4 is 0 Å². The molecule has 2 heteroatoms. The van der Waals surface area contributed by atoms with Crippen molar-refractivity contribution in [2.45, 2.75) is 80.5 Å². The largest absolute Gasteiger partial charge is 0.215 e. The van der Waals surface area contributed by atoms with Gasteiger partial charge in [-0.2, -0.15) is 0 Å². The minimum absolute atomic E-state index is 0.0809. The Morgan fingerprint density at radius 1 is 1.04 bits per heavy atom. The molecule has 0 nitrogen and oxygen atoms in total. The van der Waals surface area contributed by atoms with Crippen LogP contribution in [0.3, 0.4) is 0 Å². The molecule has 0 radical (unpaired) electrons. The monoisotopic (exact) mass is 452 g/mol. The van der Waals surface area contributed by atoms with Crippen molar-refractivity contribution in [2.75, 3.05) is 0 Å². The van der Waals surface area contributed by atoms with E-state index in [1.165, 1.54) is 29.5 Å². The number of allylic oxidation sites excluding steroid dienone is 3. The third kappa shape index (κ3) is 3.13. The van der Waals surface area contributed by atoms with Crippen molar-refractivity contribution < 1.29 is 4.39 Å². The van der Waals surface area contributed by atoms with E-state index in [0.717, 1.165) is 6.42 Å². The van der Waals surface area contributed by atoms with Crippen molar-refractivity contribution in [3.8, 4) is 0 Å². The van der Waals surface area contributed by atoms with Crippen molar-refractivity contribution in [3.05, 3.63) is 58.9 Å². The van der Waals surface area contributed by atoms with Crippen molar-refractivity contribution in [1.82, 2.24) is 0 Å². The van der Waals surface area contributed by atoms with Crippen LogP contribution >= 0.6 is 22.6 Å². The van der Waals surface area contributed by atoms with Crippen LogP contribution in [0.1, 0.15) is 77.5 Å². The molecule has 25 heavy (non-hydrogen) atoms. The van der Waals surface area contributed by atoms with E-state index < -0.39 is 0 Å². The zero-order valence-corrected chi connectivity index (χ0v) is 18.5. The maximum Gasteiger partial charge on any atom is 0.0895 e. The molecule has 1 saturated carbocycles. The summed E-state index contributed by atoms with van der Waals surface area (Å²) in [5, 5.41) is 0. The second-order valence-electron chi connectivity index (χ2n) is 9.59. The maximum atomic E-state index is 12.6. The maximum absolute atomic E-state index is 12.6. The van der Waals surface area contributed by atoms with E-state index in [2.05, 4.69) is 81.5 Å². The van der Waals surface area contributed by atoms with Crippen molar-refractivity contribution in [1.29, 1.82) is 0 Å². The highest BCUT2D eigenvalue weighted by Gasteiger charge is 2.62. The van der Waals surface area contributed by atoms with Gasteiger partial charge in [-0.1, -0.05) is 87.6 Å². The van der Waals surface area contributed by atoms with E-state index >= 15 is 0 Å². The lowest BCUT2D eigenvalue weighted by molar-refractivity contribution is 0.331. The summed E-state index contributed by atoms with van der Waals surface area (Å²) < 4.78 is 12.7. The summed E-state index contributed by atoms with van der Waals surface area (Å²) in [6, 6.07) is 7.19. The first-order chi connectivity index (χ1) is 11.5. The molecule has 0 N–H and O–H groups in total. The van der Waals surface area contributed by atoms with E-state index in [-0.39, 0.29) is 19.7 Å². The van der Waals surface area contributed by atoms with Crippen LogP contribution in [0.25, 0.3) is 0 Å².